The molecule has 2 amide bonds. The van der Waals surface area contributed by atoms with E-state index in [4.69, 9.17) is 11.0 Å². The molecule has 0 aromatic carbocycles. The molecule has 33 heavy (non-hydrogen) atoms. The summed E-state index contributed by atoms with van der Waals surface area (Å²) in [4.78, 5) is 40.7. The van der Waals surface area contributed by atoms with Crippen molar-refractivity contribution in [3.63, 3.8) is 0 Å². The van der Waals surface area contributed by atoms with Crippen molar-refractivity contribution in [1.82, 2.24) is 24.4 Å². The van der Waals surface area contributed by atoms with Crippen LogP contribution >= 0.6 is 0 Å². The number of carbonyl (C=O) groups excluding carboxylic acids is 2. The molecule has 10 nitrogen and oxygen atoms in total. The topological polar surface area (TPSA) is 134 Å². The Morgan fingerprint density at radius 1 is 1.03 bits per heavy atom. The number of amides is 2. The zero-order chi connectivity index (χ0) is 23.2. The normalized spacial score (nSPS) is 13.8. The summed E-state index contributed by atoms with van der Waals surface area (Å²) in [6.07, 6.45) is 8.21. The number of fused-ring (bicyclic) bond motifs is 1. The van der Waals surface area contributed by atoms with Gasteiger partial charge in [-0.2, -0.15) is 5.26 Å². The van der Waals surface area contributed by atoms with Crippen LogP contribution in [0.3, 0.4) is 0 Å². The lowest BCUT2D eigenvalue weighted by Crippen LogP contribution is -2.49. The monoisotopic (exact) mass is 446 g/mol. The molecule has 4 heterocycles. The number of hydrogen-bond acceptors (Lipinski definition) is 7. The average molecular weight is 447 g/mol. The van der Waals surface area contributed by atoms with Crippen LogP contribution in [0, 0.1) is 11.3 Å². The van der Waals surface area contributed by atoms with Crippen LogP contribution in [-0.4, -0.2) is 62.4 Å². The van der Waals surface area contributed by atoms with E-state index in [0.29, 0.717) is 44.1 Å². The Morgan fingerprint density at radius 3 is 2.48 bits per heavy atom. The number of anilines is 1. The SMILES string of the molecule is N#Cc1cnc(N2CCN(C(=O)CCCCCn3ccc4ccc(C(N)=O)nc43)CC2)nc1. The van der Waals surface area contributed by atoms with Crippen LogP contribution in [0.1, 0.15) is 41.7 Å². The molecule has 2 N–H and O–H groups in total. The Bertz CT molecular complexity index is 1170. The Morgan fingerprint density at radius 2 is 1.79 bits per heavy atom. The molecule has 0 radical (unpaired) electrons. The highest BCUT2D eigenvalue weighted by Crippen LogP contribution is 2.16. The molecular weight excluding hydrogens is 420 g/mol. The zero-order valence-corrected chi connectivity index (χ0v) is 18.4. The Labute approximate surface area is 191 Å². The number of carbonyl (C=O) groups is 2. The predicted octanol–water partition coefficient (Wildman–Crippen LogP) is 1.71. The maximum Gasteiger partial charge on any atom is 0.267 e. The highest BCUT2D eigenvalue weighted by molar-refractivity contribution is 5.93. The highest BCUT2D eigenvalue weighted by Gasteiger charge is 2.22. The van der Waals surface area contributed by atoms with Crippen molar-refractivity contribution in [2.24, 2.45) is 5.73 Å². The lowest BCUT2D eigenvalue weighted by atomic mass is 10.1. The molecule has 0 saturated carbocycles. The minimum Gasteiger partial charge on any atom is -0.364 e. The molecule has 0 unspecified atom stereocenters. The van der Waals surface area contributed by atoms with Crippen molar-refractivity contribution in [2.75, 3.05) is 31.1 Å². The Hall–Kier alpha value is -4.00. The second-order valence-electron chi connectivity index (χ2n) is 8.04. The number of nitrogens with zero attached hydrogens (tertiary/aromatic N) is 7. The third-order valence-electron chi connectivity index (χ3n) is 5.84. The van der Waals surface area contributed by atoms with Gasteiger partial charge in [-0.1, -0.05) is 6.42 Å². The molecule has 1 saturated heterocycles. The van der Waals surface area contributed by atoms with E-state index in [-0.39, 0.29) is 11.6 Å². The Kier molecular flexibility index (Phi) is 6.78. The first kappa shape index (κ1) is 22.2. The van der Waals surface area contributed by atoms with Crippen molar-refractivity contribution in [1.29, 1.82) is 5.26 Å². The Balaban J connectivity index is 1.18. The lowest BCUT2D eigenvalue weighted by molar-refractivity contribution is -0.131. The van der Waals surface area contributed by atoms with Crippen molar-refractivity contribution >= 4 is 28.8 Å². The number of primary amides is 1. The summed E-state index contributed by atoms with van der Waals surface area (Å²) >= 11 is 0. The van der Waals surface area contributed by atoms with Gasteiger partial charge in [0.1, 0.15) is 17.4 Å². The highest BCUT2D eigenvalue weighted by atomic mass is 16.2. The number of unbranched alkanes of at least 4 members (excludes halogenated alkanes) is 2. The molecule has 1 aliphatic rings. The number of aromatic nitrogens is 4. The first-order chi connectivity index (χ1) is 16.0. The molecule has 0 bridgehead atoms. The van der Waals surface area contributed by atoms with Crippen LogP contribution < -0.4 is 10.6 Å². The minimum absolute atomic E-state index is 0.176. The zero-order valence-electron chi connectivity index (χ0n) is 18.4. The fraction of sp³-hybridized carbons (Fsp3) is 0.391. The molecule has 1 aliphatic heterocycles. The van der Waals surface area contributed by atoms with Gasteiger partial charge in [0, 0.05) is 50.7 Å². The molecule has 0 atom stereocenters. The summed E-state index contributed by atoms with van der Waals surface area (Å²) in [5.74, 6) is 0.235. The average Bonchev–Trinajstić information content (AvgIpc) is 3.26. The summed E-state index contributed by atoms with van der Waals surface area (Å²) in [7, 11) is 0. The molecule has 0 spiro atoms. The van der Waals surface area contributed by atoms with Crippen molar-refractivity contribution < 1.29 is 9.59 Å². The summed E-state index contributed by atoms with van der Waals surface area (Å²) in [5.41, 5.74) is 6.79. The fourth-order valence-corrected chi connectivity index (χ4v) is 3.97. The van der Waals surface area contributed by atoms with Crippen molar-refractivity contribution in [3.05, 3.63) is 48.0 Å². The minimum atomic E-state index is -0.534. The molecule has 3 aromatic heterocycles. The van der Waals surface area contributed by atoms with Gasteiger partial charge in [-0.05, 0) is 31.0 Å². The lowest BCUT2D eigenvalue weighted by Gasteiger charge is -2.34. The first-order valence-electron chi connectivity index (χ1n) is 11.1. The number of nitriles is 1. The van der Waals surface area contributed by atoms with Crippen molar-refractivity contribution in [3.8, 4) is 6.07 Å². The van der Waals surface area contributed by atoms with Crippen molar-refractivity contribution in [2.45, 2.75) is 32.2 Å². The van der Waals surface area contributed by atoms with E-state index >= 15 is 0 Å². The molecular formula is C23H26N8O2. The van der Waals surface area contributed by atoms with Gasteiger partial charge >= 0.3 is 0 Å². The molecule has 0 aliphatic carbocycles. The van der Waals surface area contributed by atoms with E-state index in [0.717, 1.165) is 36.8 Å². The third-order valence-corrected chi connectivity index (χ3v) is 5.84. The summed E-state index contributed by atoms with van der Waals surface area (Å²) in [6.45, 7) is 3.42. The van der Waals surface area contributed by atoms with E-state index in [2.05, 4.69) is 15.0 Å². The standard InChI is InChI=1S/C23H26N8O2/c24-14-17-15-26-23(27-16-17)31-12-10-29(11-13-31)20(32)4-2-1-3-8-30-9-7-18-5-6-19(21(25)33)28-22(18)30/h5-7,9,15-16H,1-4,8,10-13H2,(H2,25,33). The first-order valence-corrected chi connectivity index (χ1v) is 11.1. The van der Waals surface area contributed by atoms with Gasteiger partial charge in [0.25, 0.3) is 5.91 Å². The summed E-state index contributed by atoms with van der Waals surface area (Å²) in [5, 5.41) is 9.82. The number of aryl methyl sites for hydroxylation is 1. The van der Waals surface area contributed by atoms with Crippen LogP contribution in [0.25, 0.3) is 11.0 Å². The van der Waals surface area contributed by atoms with Gasteiger partial charge < -0.3 is 20.1 Å². The van der Waals surface area contributed by atoms with Crippen LogP contribution in [0.5, 0.6) is 0 Å². The summed E-state index contributed by atoms with van der Waals surface area (Å²) < 4.78 is 2.02. The van der Waals surface area contributed by atoms with Gasteiger partial charge in [0.05, 0.1) is 18.0 Å². The fourth-order valence-electron chi connectivity index (χ4n) is 3.97. The van der Waals surface area contributed by atoms with Gasteiger partial charge in [-0.25, -0.2) is 15.0 Å². The van der Waals surface area contributed by atoms with Crippen LogP contribution in [0.4, 0.5) is 5.95 Å². The summed E-state index contributed by atoms with van der Waals surface area (Å²) in [6, 6.07) is 7.47. The maximum absolute atomic E-state index is 12.6. The molecule has 4 rings (SSSR count). The number of pyridine rings is 1. The predicted molar refractivity (Wildman–Crippen MR) is 122 cm³/mol. The number of rotatable bonds is 8. The van der Waals surface area contributed by atoms with Crippen LogP contribution in [0.2, 0.25) is 0 Å². The van der Waals surface area contributed by atoms with Gasteiger partial charge in [0.2, 0.25) is 11.9 Å². The van der Waals surface area contributed by atoms with E-state index in [1.54, 1.807) is 6.07 Å². The number of hydrogen-bond donors (Lipinski definition) is 1. The van der Waals surface area contributed by atoms with Crippen LogP contribution in [0.15, 0.2) is 36.8 Å². The quantitative estimate of drug-likeness (QED) is 0.521. The van der Waals surface area contributed by atoms with Gasteiger partial charge in [-0.3, -0.25) is 9.59 Å². The smallest absolute Gasteiger partial charge is 0.267 e. The molecule has 170 valence electrons. The van der Waals surface area contributed by atoms with E-state index < -0.39 is 5.91 Å². The maximum atomic E-state index is 12.6. The molecule has 1 fully saturated rings. The van der Waals surface area contributed by atoms with E-state index in [9.17, 15) is 9.59 Å². The third kappa shape index (κ3) is 5.26. The largest absolute Gasteiger partial charge is 0.364 e. The van der Waals surface area contributed by atoms with E-state index in [1.165, 1.54) is 12.4 Å². The van der Waals surface area contributed by atoms with Gasteiger partial charge in [0.15, 0.2) is 0 Å². The number of piperazine rings is 1. The second-order valence-corrected chi connectivity index (χ2v) is 8.04. The second kappa shape index (κ2) is 10.1. The molecule has 10 heteroatoms. The van der Waals surface area contributed by atoms with Gasteiger partial charge in [-0.15, -0.1) is 0 Å². The number of nitrogens with two attached hydrogens (primary N) is 1. The molecule has 3 aromatic rings. The van der Waals surface area contributed by atoms with E-state index in [1.807, 2.05) is 38.8 Å². The van der Waals surface area contributed by atoms with Crippen LogP contribution in [-0.2, 0) is 11.3 Å².